The first-order valence-corrected chi connectivity index (χ1v) is 11.6. The van der Waals surface area contributed by atoms with Crippen molar-refractivity contribution in [1.82, 2.24) is 0 Å². The summed E-state index contributed by atoms with van der Waals surface area (Å²) < 4.78 is 11.0. The lowest BCUT2D eigenvalue weighted by atomic mass is 10.0. The van der Waals surface area contributed by atoms with Crippen LogP contribution < -0.4 is 10.5 Å². The van der Waals surface area contributed by atoms with E-state index in [1.54, 1.807) is 0 Å². The van der Waals surface area contributed by atoms with Gasteiger partial charge in [-0.15, -0.1) is 0 Å². The van der Waals surface area contributed by atoms with Crippen molar-refractivity contribution in [2.45, 2.75) is 110 Å². The minimum atomic E-state index is -0.359. The summed E-state index contributed by atoms with van der Waals surface area (Å²) in [7, 11) is 0. The van der Waals surface area contributed by atoms with Crippen molar-refractivity contribution in [1.29, 1.82) is 0 Å². The first-order valence-electron chi connectivity index (χ1n) is 11.6. The molecule has 0 aliphatic heterocycles. The normalized spacial score (nSPS) is 11.4. The molecule has 0 atom stereocenters. The number of anilines is 1. The number of hydrogen-bond acceptors (Lipinski definition) is 4. The molecule has 0 aromatic heterocycles. The van der Waals surface area contributed by atoms with Crippen molar-refractivity contribution in [2.24, 2.45) is 0 Å². The predicted molar refractivity (Wildman–Crippen MR) is 122 cm³/mol. The second-order valence-corrected chi connectivity index (χ2v) is 9.00. The minimum Gasteiger partial charge on any atom is -0.494 e. The van der Waals surface area contributed by atoms with Crippen molar-refractivity contribution in [3.8, 4) is 5.75 Å². The van der Waals surface area contributed by atoms with Crippen molar-refractivity contribution in [3.05, 3.63) is 24.3 Å². The van der Waals surface area contributed by atoms with E-state index in [1.807, 2.05) is 45.0 Å². The molecule has 0 fully saturated rings. The molecule has 0 bridgehead atoms. The molecule has 0 spiro atoms. The van der Waals surface area contributed by atoms with E-state index in [0.29, 0.717) is 6.42 Å². The van der Waals surface area contributed by atoms with Gasteiger partial charge in [-0.1, -0.05) is 64.2 Å². The number of carbonyl (C=O) groups is 1. The molecule has 0 aliphatic rings. The lowest BCUT2D eigenvalue weighted by molar-refractivity contribution is -0.154. The van der Waals surface area contributed by atoms with Gasteiger partial charge in [0.2, 0.25) is 0 Å². The zero-order chi connectivity index (χ0) is 21.4. The Bertz CT molecular complexity index is 534. The molecule has 0 heterocycles. The van der Waals surface area contributed by atoms with Gasteiger partial charge in [0.15, 0.2) is 0 Å². The second-order valence-electron chi connectivity index (χ2n) is 9.00. The summed E-state index contributed by atoms with van der Waals surface area (Å²) >= 11 is 0. The molecule has 0 amide bonds. The summed E-state index contributed by atoms with van der Waals surface area (Å²) in [5.74, 6) is 0.846. The minimum absolute atomic E-state index is 0.0608. The third kappa shape index (κ3) is 15.8. The van der Waals surface area contributed by atoms with Crippen LogP contribution >= 0.6 is 0 Å². The number of nitrogens with two attached hydrogens (primary N) is 1. The number of carbonyl (C=O) groups excluding carboxylic acids is 1. The number of benzene rings is 1. The number of ether oxygens (including phenoxy) is 2. The molecule has 0 aliphatic carbocycles. The fraction of sp³-hybridized carbons (Fsp3) is 0.720. The van der Waals surface area contributed by atoms with Gasteiger partial charge in [0.1, 0.15) is 11.4 Å². The molecule has 0 saturated heterocycles. The van der Waals surface area contributed by atoms with Crippen LogP contribution in [0.15, 0.2) is 24.3 Å². The van der Waals surface area contributed by atoms with Crippen LogP contribution in [0.25, 0.3) is 0 Å². The molecule has 4 nitrogen and oxygen atoms in total. The molecule has 1 aromatic carbocycles. The highest BCUT2D eigenvalue weighted by Crippen LogP contribution is 2.15. The van der Waals surface area contributed by atoms with E-state index in [4.69, 9.17) is 15.2 Å². The van der Waals surface area contributed by atoms with E-state index in [0.717, 1.165) is 37.3 Å². The quantitative estimate of drug-likeness (QED) is 0.182. The Balaban J connectivity index is 1.78. The summed E-state index contributed by atoms with van der Waals surface area (Å²) in [6.45, 7) is 6.55. The van der Waals surface area contributed by atoms with Gasteiger partial charge < -0.3 is 15.2 Å². The Morgan fingerprint density at radius 2 is 1.21 bits per heavy atom. The third-order valence-corrected chi connectivity index (χ3v) is 4.84. The van der Waals surface area contributed by atoms with Crippen LogP contribution in [0.3, 0.4) is 0 Å². The lowest BCUT2D eigenvalue weighted by Crippen LogP contribution is -2.23. The molecule has 0 saturated carbocycles. The number of unbranched alkanes of at least 4 members (excludes halogenated alkanes) is 11. The van der Waals surface area contributed by atoms with Gasteiger partial charge in [-0.25, -0.2) is 0 Å². The van der Waals surface area contributed by atoms with Crippen LogP contribution in [0.4, 0.5) is 5.69 Å². The van der Waals surface area contributed by atoms with Crippen molar-refractivity contribution in [2.75, 3.05) is 12.3 Å². The van der Waals surface area contributed by atoms with Gasteiger partial charge in [-0.2, -0.15) is 0 Å². The highest BCUT2D eigenvalue weighted by atomic mass is 16.6. The van der Waals surface area contributed by atoms with Gasteiger partial charge in [-0.05, 0) is 57.9 Å². The maximum absolute atomic E-state index is 11.6. The van der Waals surface area contributed by atoms with Crippen LogP contribution in [0.5, 0.6) is 5.75 Å². The largest absolute Gasteiger partial charge is 0.494 e. The van der Waals surface area contributed by atoms with E-state index < -0.39 is 0 Å². The summed E-state index contributed by atoms with van der Waals surface area (Å²) in [5.41, 5.74) is 6.08. The standard InChI is InChI=1S/C25H43NO3/c1-25(2,3)29-24(27)16-14-12-10-8-6-4-5-7-9-11-13-15-21-28-23-19-17-22(26)18-20-23/h17-20H,4-16,21,26H2,1-3H3. The third-order valence-electron chi connectivity index (χ3n) is 4.84. The topological polar surface area (TPSA) is 61.5 Å². The summed E-state index contributed by atoms with van der Waals surface area (Å²) in [6.07, 6.45) is 15.5. The Labute approximate surface area is 178 Å². The van der Waals surface area contributed by atoms with Crippen LogP contribution in [-0.4, -0.2) is 18.2 Å². The van der Waals surface area contributed by atoms with Gasteiger partial charge in [0.05, 0.1) is 6.61 Å². The van der Waals surface area contributed by atoms with E-state index in [9.17, 15) is 4.79 Å². The van der Waals surface area contributed by atoms with Crippen LogP contribution in [-0.2, 0) is 9.53 Å². The summed E-state index contributed by atoms with van der Waals surface area (Å²) in [5, 5.41) is 0. The number of nitrogen functional groups attached to an aromatic ring is 1. The highest BCUT2D eigenvalue weighted by Gasteiger charge is 2.15. The Kier molecular flexibility index (Phi) is 13.3. The molecular weight excluding hydrogens is 362 g/mol. The summed E-state index contributed by atoms with van der Waals surface area (Å²) in [4.78, 5) is 11.6. The van der Waals surface area contributed by atoms with Crippen molar-refractivity contribution < 1.29 is 14.3 Å². The molecular formula is C25H43NO3. The maximum atomic E-state index is 11.6. The predicted octanol–water partition coefficient (Wildman–Crippen LogP) is 7.06. The molecule has 0 radical (unpaired) electrons. The fourth-order valence-corrected chi connectivity index (χ4v) is 3.29. The highest BCUT2D eigenvalue weighted by molar-refractivity contribution is 5.69. The number of rotatable bonds is 16. The first-order chi connectivity index (χ1) is 13.9. The van der Waals surface area contributed by atoms with Gasteiger partial charge in [0, 0.05) is 12.1 Å². The van der Waals surface area contributed by atoms with E-state index in [1.165, 1.54) is 57.8 Å². The van der Waals surface area contributed by atoms with Gasteiger partial charge in [-0.3, -0.25) is 4.79 Å². The lowest BCUT2D eigenvalue weighted by Gasteiger charge is -2.19. The molecule has 2 N–H and O–H groups in total. The SMILES string of the molecule is CC(C)(C)OC(=O)CCCCCCCCCCCCCCOc1ccc(N)cc1. The Morgan fingerprint density at radius 1 is 0.759 bits per heavy atom. The van der Waals surface area contributed by atoms with Gasteiger partial charge in [0.25, 0.3) is 0 Å². The molecule has 4 heteroatoms. The molecule has 166 valence electrons. The Morgan fingerprint density at radius 3 is 1.69 bits per heavy atom. The number of esters is 1. The average Bonchev–Trinajstić information content (AvgIpc) is 2.65. The maximum Gasteiger partial charge on any atom is 0.306 e. The summed E-state index contributed by atoms with van der Waals surface area (Å²) in [6, 6.07) is 7.60. The Hall–Kier alpha value is -1.71. The van der Waals surface area contributed by atoms with Crippen molar-refractivity contribution in [3.63, 3.8) is 0 Å². The van der Waals surface area contributed by atoms with Crippen LogP contribution in [0.1, 0.15) is 104 Å². The molecule has 1 aromatic rings. The monoisotopic (exact) mass is 405 g/mol. The molecule has 29 heavy (non-hydrogen) atoms. The molecule has 0 unspecified atom stereocenters. The smallest absolute Gasteiger partial charge is 0.306 e. The van der Waals surface area contributed by atoms with E-state index in [2.05, 4.69) is 0 Å². The van der Waals surface area contributed by atoms with Crippen LogP contribution in [0.2, 0.25) is 0 Å². The fourth-order valence-electron chi connectivity index (χ4n) is 3.29. The van der Waals surface area contributed by atoms with E-state index in [-0.39, 0.29) is 11.6 Å². The number of hydrogen-bond donors (Lipinski definition) is 1. The van der Waals surface area contributed by atoms with Crippen LogP contribution in [0, 0.1) is 0 Å². The zero-order valence-corrected chi connectivity index (χ0v) is 19.0. The van der Waals surface area contributed by atoms with Gasteiger partial charge >= 0.3 is 5.97 Å². The average molecular weight is 406 g/mol. The zero-order valence-electron chi connectivity index (χ0n) is 19.0. The second kappa shape index (κ2) is 15.2. The van der Waals surface area contributed by atoms with E-state index >= 15 is 0 Å². The molecule has 1 rings (SSSR count). The first kappa shape index (κ1) is 25.3. The van der Waals surface area contributed by atoms with Crippen molar-refractivity contribution >= 4 is 11.7 Å².